The molecule has 0 amide bonds. The minimum absolute atomic E-state index is 0.120. The molecule has 4 heteroatoms. The molecule has 4 rings (SSSR count). The van der Waals surface area contributed by atoms with Crippen LogP contribution in [0.3, 0.4) is 0 Å². The molecule has 4 nitrogen and oxygen atoms in total. The largest absolute Gasteiger partial charge is 0.379 e. The number of fused-ring (bicyclic) bond motifs is 1. The third-order valence-corrected chi connectivity index (χ3v) is 4.54. The number of hydrogen-bond acceptors (Lipinski definition) is 4. The normalized spacial score (nSPS) is 25.3. The van der Waals surface area contributed by atoms with E-state index in [2.05, 4.69) is 34.6 Å². The van der Waals surface area contributed by atoms with Gasteiger partial charge in [0.2, 0.25) is 0 Å². The van der Waals surface area contributed by atoms with Crippen LogP contribution in [-0.4, -0.2) is 37.0 Å². The van der Waals surface area contributed by atoms with Crippen molar-refractivity contribution in [3.05, 3.63) is 36.5 Å². The number of aromatic nitrogens is 1. The van der Waals surface area contributed by atoms with E-state index in [0.29, 0.717) is 6.61 Å². The maximum atomic E-state index is 6.09. The SMILES string of the molecule is c1ccc2c(N[C@H]3CCOC[C@@H]3OCC3CC3)nccc2c1. The molecule has 1 saturated heterocycles. The summed E-state index contributed by atoms with van der Waals surface area (Å²) in [5.74, 6) is 1.73. The molecule has 1 N–H and O–H groups in total. The molecular weight excluding hydrogens is 276 g/mol. The number of nitrogens with zero attached hydrogens (tertiary/aromatic N) is 1. The predicted octanol–water partition coefficient (Wildman–Crippen LogP) is 3.23. The molecule has 1 aromatic carbocycles. The molecule has 22 heavy (non-hydrogen) atoms. The fourth-order valence-corrected chi connectivity index (χ4v) is 3.00. The van der Waals surface area contributed by atoms with Crippen molar-refractivity contribution in [2.24, 2.45) is 5.92 Å². The van der Waals surface area contributed by atoms with E-state index in [1.165, 1.54) is 18.2 Å². The van der Waals surface area contributed by atoms with Crippen molar-refractivity contribution in [1.82, 2.24) is 4.98 Å². The van der Waals surface area contributed by atoms with Gasteiger partial charge in [0.05, 0.1) is 12.6 Å². The summed E-state index contributed by atoms with van der Waals surface area (Å²) in [5, 5.41) is 5.98. The monoisotopic (exact) mass is 298 g/mol. The number of nitrogens with one attached hydrogen (secondary N) is 1. The molecule has 2 heterocycles. The van der Waals surface area contributed by atoms with Crippen molar-refractivity contribution in [2.45, 2.75) is 31.4 Å². The Hall–Kier alpha value is -1.65. The van der Waals surface area contributed by atoms with E-state index >= 15 is 0 Å². The van der Waals surface area contributed by atoms with Crippen LogP contribution in [0, 0.1) is 5.92 Å². The van der Waals surface area contributed by atoms with E-state index in [1.54, 1.807) is 0 Å². The zero-order chi connectivity index (χ0) is 14.8. The molecule has 2 atom stereocenters. The Labute approximate surface area is 130 Å². The minimum atomic E-state index is 0.120. The quantitative estimate of drug-likeness (QED) is 0.920. The van der Waals surface area contributed by atoms with E-state index < -0.39 is 0 Å². The van der Waals surface area contributed by atoms with Gasteiger partial charge in [0, 0.05) is 24.8 Å². The maximum absolute atomic E-state index is 6.09. The number of benzene rings is 1. The first-order valence-corrected chi connectivity index (χ1v) is 8.20. The average molecular weight is 298 g/mol. The Balaban J connectivity index is 1.51. The van der Waals surface area contributed by atoms with Crippen LogP contribution in [0.25, 0.3) is 10.8 Å². The summed E-state index contributed by atoms with van der Waals surface area (Å²) in [4.78, 5) is 4.54. The molecule has 116 valence electrons. The maximum Gasteiger partial charge on any atom is 0.134 e. The summed E-state index contributed by atoms with van der Waals surface area (Å²) in [5.41, 5.74) is 0. The number of ether oxygens (including phenoxy) is 2. The second-order valence-electron chi connectivity index (χ2n) is 6.31. The third-order valence-electron chi connectivity index (χ3n) is 4.54. The van der Waals surface area contributed by atoms with Crippen LogP contribution >= 0.6 is 0 Å². The van der Waals surface area contributed by atoms with Crippen LogP contribution < -0.4 is 5.32 Å². The van der Waals surface area contributed by atoms with Crippen molar-refractivity contribution in [3.8, 4) is 0 Å². The topological polar surface area (TPSA) is 43.4 Å². The van der Waals surface area contributed by atoms with Crippen LogP contribution in [-0.2, 0) is 9.47 Å². The number of hydrogen-bond donors (Lipinski definition) is 1. The van der Waals surface area contributed by atoms with Gasteiger partial charge in [-0.25, -0.2) is 4.98 Å². The molecule has 1 saturated carbocycles. The van der Waals surface area contributed by atoms with Crippen LogP contribution in [0.5, 0.6) is 0 Å². The lowest BCUT2D eigenvalue weighted by molar-refractivity contribution is -0.0598. The molecule has 2 fully saturated rings. The fourth-order valence-electron chi connectivity index (χ4n) is 3.00. The van der Waals surface area contributed by atoms with Gasteiger partial charge >= 0.3 is 0 Å². The smallest absolute Gasteiger partial charge is 0.134 e. The van der Waals surface area contributed by atoms with Gasteiger partial charge in [-0.2, -0.15) is 0 Å². The van der Waals surface area contributed by atoms with Gasteiger partial charge < -0.3 is 14.8 Å². The van der Waals surface area contributed by atoms with Gasteiger partial charge in [-0.05, 0) is 36.6 Å². The highest BCUT2D eigenvalue weighted by Gasteiger charge is 2.30. The molecule has 0 unspecified atom stereocenters. The second kappa shape index (κ2) is 6.23. The highest BCUT2D eigenvalue weighted by Crippen LogP contribution is 2.30. The summed E-state index contributed by atoms with van der Waals surface area (Å²) in [7, 11) is 0. The molecule has 2 aliphatic rings. The van der Waals surface area contributed by atoms with E-state index in [4.69, 9.17) is 9.47 Å². The van der Waals surface area contributed by atoms with E-state index in [0.717, 1.165) is 36.8 Å². The lowest BCUT2D eigenvalue weighted by Gasteiger charge is -2.32. The lowest BCUT2D eigenvalue weighted by atomic mass is 10.1. The van der Waals surface area contributed by atoms with Gasteiger partial charge in [0.1, 0.15) is 11.9 Å². The molecule has 1 aliphatic heterocycles. The first-order chi connectivity index (χ1) is 10.9. The molecule has 0 radical (unpaired) electrons. The Morgan fingerprint density at radius 2 is 2.09 bits per heavy atom. The standard InChI is InChI=1S/C18H22N2O2/c1-2-4-15-14(3-1)7-9-19-18(15)20-16-8-10-21-12-17(16)22-11-13-5-6-13/h1-4,7,9,13,16-17H,5-6,8,10-12H2,(H,19,20)/t16-,17-/m0/s1. The summed E-state index contributed by atoms with van der Waals surface area (Å²) in [6, 6.07) is 10.7. The molecule has 0 bridgehead atoms. The summed E-state index contributed by atoms with van der Waals surface area (Å²) < 4.78 is 11.7. The second-order valence-corrected chi connectivity index (χ2v) is 6.31. The van der Waals surface area contributed by atoms with Crippen molar-refractivity contribution in [2.75, 3.05) is 25.1 Å². The zero-order valence-corrected chi connectivity index (χ0v) is 12.7. The lowest BCUT2D eigenvalue weighted by Crippen LogP contribution is -2.44. The van der Waals surface area contributed by atoms with Gasteiger partial charge in [-0.3, -0.25) is 0 Å². The van der Waals surface area contributed by atoms with Gasteiger partial charge in [0.25, 0.3) is 0 Å². The first kappa shape index (κ1) is 14.0. The van der Waals surface area contributed by atoms with Crippen LogP contribution in [0.4, 0.5) is 5.82 Å². The molecule has 1 aromatic heterocycles. The molecule has 2 aromatic rings. The Morgan fingerprint density at radius 1 is 1.18 bits per heavy atom. The first-order valence-electron chi connectivity index (χ1n) is 8.20. The fraction of sp³-hybridized carbons (Fsp3) is 0.500. The Bertz CT molecular complexity index is 637. The summed E-state index contributed by atoms with van der Waals surface area (Å²) in [6.45, 7) is 2.33. The summed E-state index contributed by atoms with van der Waals surface area (Å²) >= 11 is 0. The zero-order valence-electron chi connectivity index (χ0n) is 12.7. The average Bonchev–Trinajstić information content (AvgIpc) is 3.39. The van der Waals surface area contributed by atoms with E-state index in [1.807, 2.05) is 12.3 Å². The highest BCUT2D eigenvalue weighted by molar-refractivity contribution is 5.91. The Kier molecular flexibility index (Phi) is 3.95. The molecule has 1 aliphatic carbocycles. The van der Waals surface area contributed by atoms with Crippen LogP contribution in [0.1, 0.15) is 19.3 Å². The van der Waals surface area contributed by atoms with Gasteiger partial charge in [0.15, 0.2) is 0 Å². The number of rotatable bonds is 5. The van der Waals surface area contributed by atoms with Gasteiger partial charge in [-0.1, -0.05) is 24.3 Å². The van der Waals surface area contributed by atoms with Crippen molar-refractivity contribution in [1.29, 1.82) is 0 Å². The number of pyridine rings is 1. The van der Waals surface area contributed by atoms with Crippen LogP contribution in [0.15, 0.2) is 36.5 Å². The van der Waals surface area contributed by atoms with Crippen molar-refractivity contribution in [3.63, 3.8) is 0 Å². The predicted molar refractivity (Wildman–Crippen MR) is 87.1 cm³/mol. The molecule has 0 spiro atoms. The number of anilines is 1. The third kappa shape index (κ3) is 3.08. The van der Waals surface area contributed by atoms with Crippen molar-refractivity contribution < 1.29 is 9.47 Å². The minimum Gasteiger partial charge on any atom is -0.379 e. The highest BCUT2D eigenvalue weighted by atomic mass is 16.5. The summed E-state index contributed by atoms with van der Waals surface area (Å²) in [6.07, 6.45) is 5.58. The Morgan fingerprint density at radius 3 is 3.00 bits per heavy atom. The van der Waals surface area contributed by atoms with E-state index in [-0.39, 0.29) is 12.1 Å². The molecular formula is C18H22N2O2. The van der Waals surface area contributed by atoms with Crippen LogP contribution in [0.2, 0.25) is 0 Å². The van der Waals surface area contributed by atoms with E-state index in [9.17, 15) is 0 Å². The van der Waals surface area contributed by atoms with Gasteiger partial charge in [-0.15, -0.1) is 0 Å². The van der Waals surface area contributed by atoms with Crippen molar-refractivity contribution >= 4 is 16.6 Å².